The van der Waals surface area contributed by atoms with E-state index in [4.69, 9.17) is 10.5 Å². The normalized spacial score (nSPS) is 33.2. The maximum atomic E-state index is 5.88. The minimum atomic E-state index is 0.298. The van der Waals surface area contributed by atoms with Crippen molar-refractivity contribution in [1.29, 1.82) is 0 Å². The Bertz CT molecular complexity index is 368. The molecule has 1 aliphatic carbocycles. The van der Waals surface area contributed by atoms with Crippen LogP contribution in [0.25, 0.3) is 0 Å². The molecule has 2 fully saturated rings. The van der Waals surface area contributed by atoms with E-state index in [2.05, 4.69) is 27.4 Å². The van der Waals surface area contributed by atoms with Crippen LogP contribution in [0.5, 0.6) is 0 Å². The third-order valence-corrected chi connectivity index (χ3v) is 5.64. The van der Waals surface area contributed by atoms with Gasteiger partial charge in [-0.2, -0.15) is 0 Å². The molecule has 0 spiro atoms. The average molecular weight is 288 g/mol. The lowest BCUT2D eigenvalue weighted by atomic mass is 9.61. The largest absolute Gasteiger partial charge is 0.379 e. The number of hydrogen-bond acceptors (Lipinski definition) is 3. The molecule has 82 valence electrons. The standard InChI is InChI=1S/C11H14BrNOS/c12-8-3-10(15-4-8)11(5-14-6-11)7-1-9(13)2-7/h3-4,7,9H,1-2,5-6,13H2. The van der Waals surface area contributed by atoms with Crippen LogP contribution in [-0.4, -0.2) is 19.3 Å². The van der Waals surface area contributed by atoms with E-state index < -0.39 is 0 Å². The van der Waals surface area contributed by atoms with Crippen LogP contribution in [0.1, 0.15) is 17.7 Å². The molecule has 0 bridgehead atoms. The number of halogens is 1. The van der Waals surface area contributed by atoms with E-state index >= 15 is 0 Å². The highest BCUT2D eigenvalue weighted by molar-refractivity contribution is 9.10. The number of nitrogens with two attached hydrogens (primary N) is 1. The minimum absolute atomic E-state index is 0.298. The van der Waals surface area contributed by atoms with Crippen molar-refractivity contribution in [3.8, 4) is 0 Å². The summed E-state index contributed by atoms with van der Waals surface area (Å²) in [6.07, 6.45) is 2.33. The van der Waals surface area contributed by atoms with E-state index in [1.165, 1.54) is 22.2 Å². The molecule has 1 aliphatic heterocycles. The summed E-state index contributed by atoms with van der Waals surface area (Å²) in [5, 5.41) is 2.16. The molecule has 15 heavy (non-hydrogen) atoms. The molecular formula is C11H14BrNOS. The van der Waals surface area contributed by atoms with Gasteiger partial charge in [-0.1, -0.05) is 0 Å². The van der Waals surface area contributed by atoms with Gasteiger partial charge in [-0.15, -0.1) is 11.3 Å². The van der Waals surface area contributed by atoms with E-state index in [9.17, 15) is 0 Å². The zero-order valence-corrected chi connectivity index (χ0v) is 10.8. The van der Waals surface area contributed by atoms with Gasteiger partial charge in [-0.05, 0) is 40.8 Å². The summed E-state index contributed by atoms with van der Waals surface area (Å²) in [5.41, 5.74) is 6.18. The molecule has 1 aromatic rings. The Balaban J connectivity index is 1.86. The van der Waals surface area contributed by atoms with E-state index in [0.717, 1.165) is 19.1 Å². The van der Waals surface area contributed by atoms with Gasteiger partial charge in [0.1, 0.15) is 0 Å². The number of thiophene rings is 1. The first-order chi connectivity index (χ1) is 7.21. The maximum Gasteiger partial charge on any atom is 0.0596 e. The van der Waals surface area contributed by atoms with Crippen LogP contribution in [0, 0.1) is 5.92 Å². The van der Waals surface area contributed by atoms with Crippen LogP contribution in [-0.2, 0) is 10.2 Å². The van der Waals surface area contributed by atoms with Gasteiger partial charge in [0, 0.05) is 20.8 Å². The first-order valence-electron chi connectivity index (χ1n) is 5.28. The molecule has 0 radical (unpaired) electrons. The Morgan fingerprint density at radius 3 is 2.60 bits per heavy atom. The van der Waals surface area contributed by atoms with Gasteiger partial charge in [0.25, 0.3) is 0 Å². The molecular weight excluding hydrogens is 274 g/mol. The molecule has 3 rings (SSSR count). The fourth-order valence-electron chi connectivity index (χ4n) is 2.59. The molecule has 0 atom stereocenters. The van der Waals surface area contributed by atoms with Gasteiger partial charge in [-0.25, -0.2) is 0 Å². The summed E-state index contributed by atoms with van der Waals surface area (Å²) in [6, 6.07) is 2.67. The summed E-state index contributed by atoms with van der Waals surface area (Å²) in [6.45, 7) is 1.77. The van der Waals surface area contributed by atoms with Crippen molar-refractivity contribution in [2.24, 2.45) is 11.7 Å². The second-order valence-corrected chi connectivity index (χ2v) is 6.53. The van der Waals surface area contributed by atoms with Crippen LogP contribution >= 0.6 is 27.3 Å². The molecule has 2 heterocycles. The third kappa shape index (κ3) is 1.50. The zero-order valence-electron chi connectivity index (χ0n) is 8.41. The highest BCUT2D eigenvalue weighted by atomic mass is 79.9. The molecule has 2 nitrogen and oxygen atoms in total. The Hall–Kier alpha value is 0.1000. The quantitative estimate of drug-likeness (QED) is 0.907. The van der Waals surface area contributed by atoms with Gasteiger partial charge in [-0.3, -0.25) is 0 Å². The average Bonchev–Trinajstić information content (AvgIpc) is 2.47. The van der Waals surface area contributed by atoms with Gasteiger partial charge < -0.3 is 10.5 Å². The third-order valence-electron chi connectivity index (χ3n) is 3.73. The van der Waals surface area contributed by atoms with E-state index in [-0.39, 0.29) is 0 Å². The van der Waals surface area contributed by atoms with Gasteiger partial charge in [0.05, 0.1) is 18.6 Å². The fraction of sp³-hybridized carbons (Fsp3) is 0.636. The molecule has 0 aromatic carbocycles. The molecule has 2 N–H and O–H groups in total. The lowest BCUT2D eigenvalue weighted by molar-refractivity contribution is -0.109. The highest BCUT2D eigenvalue weighted by Crippen LogP contribution is 2.50. The first-order valence-corrected chi connectivity index (χ1v) is 6.96. The second kappa shape index (κ2) is 3.55. The summed E-state index contributed by atoms with van der Waals surface area (Å²) in [7, 11) is 0. The van der Waals surface area contributed by atoms with Crippen LogP contribution in [0.3, 0.4) is 0 Å². The first kappa shape index (κ1) is 10.3. The Morgan fingerprint density at radius 2 is 2.20 bits per heavy atom. The zero-order chi connectivity index (χ0) is 10.5. The van der Waals surface area contributed by atoms with Crippen molar-refractivity contribution in [3.05, 3.63) is 20.8 Å². The number of hydrogen-bond donors (Lipinski definition) is 1. The summed E-state index contributed by atoms with van der Waals surface area (Å²) in [5.74, 6) is 0.742. The van der Waals surface area contributed by atoms with Crippen molar-refractivity contribution in [2.45, 2.75) is 24.3 Å². The molecule has 4 heteroatoms. The second-order valence-electron chi connectivity index (χ2n) is 4.71. The van der Waals surface area contributed by atoms with Crippen molar-refractivity contribution in [3.63, 3.8) is 0 Å². The maximum absolute atomic E-state index is 5.88. The van der Waals surface area contributed by atoms with Gasteiger partial charge in [0.2, 0.25) is 0 Å². The van der Waals surface area contributed by atoms with Crippen molar-refractivity contribution in [2.75, 3.05) is 13.2 Å². The van der Waals surface area contributed by atoms with Crippen molar-refractivity contribution in [1.82, 2.24) is 0 Å². The van der Waals surface area contributed by atoms with Crippen molar-refractivity contribution < 1.29 is 4.74 Å². The summed E-state index contributed by atoms with van der Waals surface area (Å²) >= 11 is 5.37. The van der Waals surface area contributed by atoms with E-state index in [1.807, 2.05) is 11.3 Å². The van der Waals surface area contributed by atoms with Crippen LogP contribution in [0.15, 0.2) is 15.9 Å². The van der Waals surface area contributed by atoms with Gasteiger partial charge in [0.15, 0.2) is 0 Å². The van der Waals surface area contributed by atoms with Gasteiger partial charge >= 0.3 is 0 Å². The van der Waals surface area contributed by atoms with E-state index in [1.54, 1.807) is 0 Å². The minimum Gasteiger partial charge on any atom is -0.379 e. The Morgan fingerprint density at radius 1 is 1.47 bits per heavy atom. The number of rotatable bonds is 2. The van der Waals surface area contributed by atoms with Crippen LogP contribution in [0.2, 0.25) is 0 Å². The lowest BCUT2D eigenvalue weighted by Crippen LogP contribution is -2.58. The smallest absolute Gasteiger partial charge is 0.0596 e. The molecule has 1 aromatic heterocycles. The van der Waals surface area contributed by atoms with Crippen LogP contribution < -0.4 is 5.73 Å². The summed E-state index contributed by atoms with van der Waals surface area (Å²) in [4.78, 5) is 1.47. The SMILES string of the molecule is NC1CC(C2(c3cc(Br)cs3)COC2)C1. The molecule has 1 saturated carbocycles. The molecule has 2 aliphatic rings. The van der Waals surface area contributed by atoms with E-state index in [0.29, 0.717) is 11.5 Å². The number of ether oxygens (including phenoxy) is 1. The Kier molecular flexibility index (Phi) is 2.43. The Labute approximate surface area is 102 Å². The molecule has 1 saturated heterocycles. The highest BCUT2D eigenvalue weighted by Gasteiger charge is 2.51. The monoisotopic (exact) mass is 287 g/mol. The predicted molar refractivity (Wildman–Crippen MR) is 65.2 cm³/mol. The fourth-order valence-corrected chi connectivity index (χ4v) is 4.27. The molecule has 0 amide bonds. The summed E-state index contributed by atoms with van der Waals surface area (Å²) < 4.78 is 6.64. The predicted octanol–water partition coefficient (Wildman–Crippen LogP) is 2.52. The van der Waals surface area contributed by atoms with Crippen molar-refractivity contribution >= 4 is 27.3 Å². The topological polar surface area (TPSA) is 35.2 Å². The molecule has 0 unspecified atom stereocenters. The van der Waals surface area contributed by atoms with Crippen LogP contribution in [0.4, 0.5) is 0 Å². The lowest BCUT2D eigenvalue weighted by Gasteiger charge is -2.52.